The maximum Gasteiger partial charge on any atom is 0.409 e. The lowest BCUT2D eigenvalue weighted by atomic mass is 9.98. The fourth-order valence-electron chi connectivity index (χ4n) is 4.15. The summed E-state index contributed by atoms with van der Waals surface area (Å²) >= 11 is 0. The highest BCUT2D eigenvalue weighted by molar-refractivity contribution is 6.09. The van der Waals surface area contributed by atoms with E-state index in [2.05, 4.69) is 25.9 Å². The normalized spacial score (nSPS) is 13.4. The summed E-state index contributed by atoms with van der Waals surface area (Å²) in [5.74, 6) is -0.155. The van der Waals surface area contributed by atoms with Crippen LogP contribution >= 0.6 is 0 Å². The predicted octanol–water partition coefficient (Wildman–Crippen LogP) is 2.70. The quantitative estimate of drug-likeness (QED) is 0.351. The summed E-state index contributed by atoms with van der Waals surface area (Å²) in [6.07, 6.45) is 4.72. The Kier molecular flexibility index (Phi) is 6.73. The Morgan fingerprint density at radius 3 is 2.73 bits per heavy atom. The second kappa shape index (κ2) is 10.3. The number of fused-ring (bicyclic) bond motifs is 1. The van der Waals surface area contributed by atoms with Crippen molar-refractivity contribution in [1.82, 2.24) is 29.5 Å². The van der Waals surface area contributed by atoms with E-state index in [1.165, 1.54) is 11.9 Å². The summed E-state index contributed by atoms with van der Waals surface area (Å²) in [6.45, 7) is 4.24. The summed E-state index contributed by atoms with van der Waals surface area (Å²) in [7, 11) is 3.02. The average molecular weight is 505 g/mol. The second-order valence-electron chi connectivity index (χ2n) is 8.81. The van der Waals surface area contributed by atoms with Gasteiger partial charge in [0, 0.05) is 50.2 Å². The lowest BCUT2D eigenvalue weighted by molar-refractivity contribution is 0.0871. The van der Waals surface area contributed by atoms with E-state index in [0.29, 0.717) is 48.7 Å². The fourth-order valence-corrected chi connectivity index (χ4v) is 4.15. The van der Waals surface area contributed by atoms with Crippen molar-refractivity contribution in [2.75, 3.05) is 51.1 Å². The lowest BCUT2D eigenvalue weighted by Crippen LogP contribution is -2.48. The minimum atomic E-state index is -0.340. The molecule has 0 bridgehead atoms. The number of benzene rings is 1. The van der Waals surface area contributed by atoms with Gasteiger partial charge in [0.05, 0.1) is 48.6 Å². The number of hydrogen-bond donors (Lipinski definition) is 2. The topological polar surface area (TPSA) is 128 Å². The van der Waals surface area contributed by atoms with Crippen molar-refractivity contribution in [3.8, 4) is 5.69 Å². The van der Waals surface area contributed by atoms with Gasteiger partial charge in [-0.2, -0.15) is 20.1 Å². The number of anilines is 2. The van der Waals surface area contributed by atoms with Crippen molar-refractivity contribution < 1.29 is 19.1 Å². The summed E-state index contributed by atoms with van der Waals surface area (Å²) in [5.41, 5.74) is 5.08. The minimum Gasteiger partial charge on any atom is -0.453 e. The molecular formula is C25H28N8O4. The van der Waals surface area contributed by atoms with Crippen LogP contribution in [0.1, 0.15) is 27.5 Å². The molecule has 1 aliphatic rings. The summed E-state index contributed by atoms with van der Waals surface area (Å²) in [5, 5.41) is 19.6. The minimum absolute atomic E-state index is 0.113. The number of amides is 2. The first-order chi connectivity index (χ1) is 18.0. The van der Waals surface area contributed by atoms with Gasteiger partial charge in [-0.1, -0.05) is 6.07 Å². The van der Waals surface area contributed by atoms with Gasteiger partial charge < -0.3 is 25.0 Å². The highest BCUT2D eigenvalue weighted by atomic mass is 16.5. The highest BCUT2D eigenvalue weighted by Crippen LogP contribution is 2.27. The zero-order chi connectivity index (χ0) is 25.9. The molecule has 12 nitrogen and oxygen atoms in total. The van der Waals surface area contributed by atoms with E-state index < -0.39 is 0 Å². The number of aryl methyl sites for hydroxylation is 1. The van der Waals surface area contributed by atoms with Gasteiger partial charge in [0.15, 0.2) is 0 Å². The van der Waals surface area contributed by atoms with Gasteiger partial charge in [0.25, 0.3) is 5.91 Å². The third-order valence-corrected chi connectivity index (χ3v) is 6.34. The van der Waals surface area contributed by atoms with Gasteiger partial charge >= 0.3 is 6.09 Å². The number of hydrogen-bond acceptors (Lipinski definition) is 8. The maximum atomic E-state index is 13.2. The molecule has 2 amide bonds. The fraction of sp³-hybridized carbons (Fsp3) is 0.320. The van der Waals surface area contributed by atoms with Crippen LogP contribution in [0, 0.1) is 6.92 Å². The van der Waals surface area contributed by atoms with E-state index >= 15 is 0 Å². The third-order valence-electron chi connectivity index (χ3n) is 6.34. The van der Waals surface area contributed by atoms with Crippen LogP contribution in [0.2, 0.25) is 0 Å². The molecule has 4 heterocycles. The average Bonchev–Trinajstić information content (AvgIpc) is 3.52. The Balaban J connectivity index is 1.31. The van der Waals surface area contributed by atoms with Gasteiger partial charge in [-0.3, -0.25) is 4.79 Å². The smallest absolute Gasteiger partial charge is 0.409 e. The van der Waals surface area contributed by atoms with Crippen molar-refractivity contribution >= 4 is 28.9 Å². The molecule has 3 aromatic heterocycles. The Labute approximate surface area is 213 Å². The molecule has 0 radical (unpaired) electrons. The van der Waals surface area contributed by atoms with Crippen LogP contribution in [0.5, 0.6) is 0 Å². The molecule has 1 aliphatic heterocycles. The zero-order valence-corrected chi connectivity index (χ0v) is 20.8. The van der Waals surface area contributed by atoms with Gasteiger partial charge in [-0.05, 0) is 36.8 Å². The molecule has 0 saturated carbocycles. The third kappa shape index (κ3) is 4.96. The monoisotopic (exact) mass is 504 g/mol. The Morgan fingerprint density at radius 1 is 1.11 bits per heavy atom. The lowest BCUT2D eigenvalue weighted by Gasteiger charge is -2.36. The number of carbonyl (C=O) groups is 2. The molecular weight excluding hydrogens is 476 g/mol. The van der Waals surface area contributed by atoms with Crippen molar-refractivity contribution in [2.45, 2.75) is 12.8 Å². The number of rotatable bonds is 8. The number of pyridine rings is 1. The molecule has 1 fully saturated rings. The molecule has 0 spiro atoms. The van der Waals surface area contributed by atoms with Crippen LogP contribution in [0.25, 0.3) is 11.2 Å². The van der Waals surface area contributed by atoms with E-state index in [1.54, 1.807) is 35.1 Å². The van der Waals surface area contributed by atoms with E-state index in [-0.39, 0.29) is 17.9 Å². The first-order valence-electron chi connectivity index (χ1n) is 11.8. The van der Waals surface area contributed by atoms with E-state index in [9.17, 15) is 9.59 Å². The Morgan fingerprint density at radius 2 is 1.95 bits per heavy atom. The molecule has 0 aliphatic carbocycles. The van der Waals surface area contributed by atoms with E-state index in [4.69, 9.17) is 9.47 Å². The molecule has 12 heteroatoms. The Hall–Kier alpha value is -4.45. The number of aromatic nitrogens is 5. The Bertz CT molecular complexity index is 1440. The second-order valence-corrected chi connectivity index (χ2v) is 8.81. The number of nitrogens with one attached hydrogen (secondary N) is 2. The van der Waals surface area contributed by atoms with Crippen LogP contribution in [-0.2, 0) is 9.47 Å². The van der Waals surface area contributed by atoms with Crippen LogP contribution in [0.3, 0.4) is 0 Å². The number of ether oxygens (including phenoxy) is 2. The molecule has 37 heavy (non-hydrogen) atoms. The summed E-state index contributed by atoms with van der Waals surface area (Å²) in [6, 6.07) is 9.42. The van der Waals surface area contributed by atoms with Gasteiger partial charge in [-0.15, -0.1) is 0 Å². The van der Waals surface area contributed by atoms with Crippen LogP contribution in [-0.4, -0.2) is 82.0 Å². The predicted molar refractivity (Wildman–Crippen MR) is 136 cm³/mol. The molecule has 1 saturated heterocycles. The van der Waals surface area contributed by atoms with Crippen molar-refractivity contribution in [2.24, 2.45) is 0 Å². The maximum absolute atomic E-state index is 13.2. The number of methoxy groups -OCH3 is 2. The van der Waals surface area contributed by atoms with Crippen molar-refractivity contribution in [3.05, 3.63) is 65.7 Å². The standard InChI is InChI=1S/C25H28N8O4/c1-16-4-5-19(33-28-13-22(30-33)17-14-31(15-17)25(35)37-3)11-21(16)29-24(34)20-12-27-32-8-6-18(10-23(20)32)26-7-9-36-2/h4-6,8,10-13,17,26H,7,9,14-15H2,1-3H3,(H,29,34). The zero-order valence-electron chi connectivity index (χ0n) is 20.8. The van der Waals surface area contributed by atoms with Crippen LogP contribution in [0.15, 0.2) is 48.9 Å². The van der Waals surface area contributed by atoms with Crippen LogP contribution in [0.4, 0.5) is 16.2 Å². The van der Waals surface area contributed by atoms with E-state index in [0.717, 1.165) is 16.9 Å². The van der Waals surface area contributed by atoms with Gasteiger partial charge in [0.1, 0.15) is 0 Å². The number of carbonyl (C=O) groups excluding carboxylic acids is 2. The summed E-state index contributed by atoms with van der Waals surface area (Å²) in [4.78, 5) is 28.0. The SMILES string of the molecule is COCCNc1ccn2ncc(C(=O)Nc3cc(-n4ncc(C5CN(C(=O)OC)C5)n4)ccc3C)c2c1. The summed E-state index contributed by atoms with van der Waals surface area (Å²) < 4.78 is 11.5. The molecule has 0 atom stereocenters. The molecule has 4 aromatic rings. The van der Waals surface area contributed by atoms with Crippen LogP contribution < -0.4 is 10.6 Å². The van der Waals surface area contributed by atoms with Crippen molar-refractivity contribution in [1.29, 1.82) is 0 Å². The van der Waals surface area contributed by atoms with Gasteiger partial charge in [0.2, 0.25) is 0 Å². The first kappa shape index (κ1) is 24.3. The molecule has 0 unspecified atom stereocenters. The first-order valence-corrected chi connectivity index (χ1v) is 11.8. The molecule has 5 rings (SSSR count). The molecule has 192 valence electrons. The van der Waals surface area contributed by atoms with Gasteiger partial charge in [-0.25, -0.2) is 9.31 Å². The molecule has 2 N–H and O–H groups in total. The molecule has 1 aromatic carbocycles. The number of likely N-dealkylation sites (tertiary alicyclic amines) is 1. The van der Waals surface area contributed by atoms with E-state index in [1.807, 2.05) is 37.3 Å². The number of nitrogens with zero attached hydrogens (tertiary/aromatic N) is 6. The largest absolute Gasteiger partial charge is 0.453 e. The van der Waals surface area contributed by atoms with Crippen molar-refractivity contribution in [3.63, 3.8) is 0 Å². The highest BCUT2D eigenvalue weighted by Gasteiger charge is 2.34.